The summed E-state index contributed by atoms with van der Waals surface area (Å²) in [6, 6.07) is 1.25. The van der Waals surface area contributed by atoms with Crippen molar-refractivity contribution in [2.75, 3.05) is 13.1 Å². The first-order valence-electron chi connectivity index (χ1n) is 4.27. The molecule has 0 amide bonds. The van der Waals surface area contributed by atoms with Crippen LogP contribution in [0.3, 0.4) is 0 Å². The topological polar surface area (TPSA) is 24.1 Å². The Morgan fingerprint density at radius 1 is 0.900 bits per heavy atom. The fourth-order valence-electron chi connectivity index (χ4n) is 1.26. The van der Waals surface area contributed by atoms with E-state index in [-0.39, 0.29) is 0 Å². The quantitative estimate of drug-likeness (QED) is 0.521. The van der Waals surface area contributed by atoms with Gasteiger partial charge in [-0.2, -0.15) is 0 Å². The molecule has 2 heteroatoms. The van der Waals surface area contributed by atoms with E-state index in [2.05, 4.69) is 24.5 Å². The van der Waals surface area contributed by atoms with Gasteiger partial charge in [-0.25, -0.2) is 0 Å². The molecule has 2 nitrogen and oxygen atoms in total. The van der Waals surface area contributed by atoms with Crippen LogP contribution in [0.15, 0.2) is 0 Å². The Balaban J connectivity index is 2.28. The lowest BCUT2D eigenvalue weighted by Gasteiger charge is -2.25. The van der Waals surface area contributed by atoms with Crippen LogP contribution in [0.25, 0.3) is 0 Å². The lowest BCUT2D eigenvalue weighted by molar-refractivity contribution is 0.376. The molecular weight excluding hydrogens is 124 g/mol. The summed E-state index contributed by atoms with van der Waals surface area (Å²) >= 11 is 0. The summed E-state index contributed by atoms with van der Waals surface area (Å²) in [7, 11) is 0. The van der Waals surface area contributed by atoms with Crippen molar-refractivity contribution < 1.29 is 0 Å². The van der Waals surface area contributed by atoms with Crippen LogP contribution in [-0.4, -0.2) is 25.2 Å². The van der Waals surface area contributed by atoms with Gasteiger partial charge in [0, 0.05) is 12.1 Å². The first-order valence-corrected chi connectivity index (χ1v) is 4.27. The second-order valence-corrected chi connectivity index (χ2v) is 3.19. The summed E-state index contributed by atoms with van der Waals surface area (Å²) in [5.41, 5.74) is 0. The van der Waals surface area contributed by atoms with Gasteiger partial charge in [0.15, 0.2) is 0 Å². The van der Waals surface area contributed by atoms with E-state index in [1.54, 1.807) is 0 Å². The monoisotopic (exact) mass is 142 g/mol. The molecule has 0 saturated carbocycles. The summed E-state index contributed by atoms with van der Waals surface area (Å²) in [4.78, 5) is 0. The number of nitrogens with one attached hydrogen (secondary N) is 2. The van der Waals surface area contributed by atoms with Crippen LogP contribution in [-0.2, 0) is 0 Å². The molecule has 10 heavy (non-hydrogen) atoms. The number of hydrogen-bond donors (Lipinski definition) is 2. The first-order chi connectivity index (χ1) is 4.80. The predicted molar refractivity (Wildman–Crippen MR) is 44.2 cm³/mol. The maximum atomic E-state index is 3.47. The van der Waals surface area contributed by atoms with Gasteiger partial charge in [0.1, 0.15) is 0 Å². The fraction of sp³-hybridized carbons (Fsp3) is 1.00. The predicted octanol–water partition coefficient (Wildman–Crippen LogP) is 0.736. The highest BCUT2D eigenvalue weighted by Gasteiger charge is 2.11. The molecule has 2 atom stereocenters. The molecule has 0 aromatic carbocycles. The molecule has 1 aliphatic rings. The first kappa shape index (κ1) is 8.02. The van der Waals surface area contributed by atoms with Gasteiger partial charge in [-0.15, -0.1) is 0 Å². The van der Waals surface area contributed by atoms with Gasteiger partial charge in [-0.1, -0.05) is 0 Å². The molecule has 0 aliphatic carbocycles. The molecule has 0 aromatic rings. The minimum Gasteiger partial charge on any atom is -0.313 e. The van der Waals surface area contributed by atoms with Gasteiger partial charge < -0.3 is 10.6 Å². The highest BCUT2D eigenvalue weighted by Crippen LogP contribution is 1.97. The van der Waals surface area contributed by atoms with Crippen LogP contribution in [0.2, 0.25) is 0 Å². The summed E-state index contributed by atoms with van der Waals surface area (Å²) in [6.07, 6.45) is 2.62. The van der Waals surface area contributed by atoms with E-state index >= 15 is 0 Å². The smallest absolute Gasteiger partial charge is 0.0190 e. The standard InChI is InChI=1S/C8H18N2/c1-7-8(2)10-6-4-3-5-9-7/h7-10H,3-6H2,1-2H3. The number of rotatable bonds is 0. The minimum absolute atomic E-state index is 0.625. The molecule has 0 spiro atoms. The second-order valence-electron chi connectivity index (χ2n) is 3.19. The van der Waals surface area contributed by atoms with Gasteiger partial charge in [0.05, 0.1) is 0 Å². The summed E-state index contributed by atoms with van der Waals surface area (Å²) in [5.74, 6) is 0. The zero-order chi connectivity index (χ0) is 7.40. The molecular formula is C8H18N2. The Kier molecular flexibility index (Phi) is 3.16. The lowest BCUT2D eigenvalue weighted by Crippen LogP contribution is -2.46. The van der Waals surface area contributed by atoms with Crippen LogP contribution in [0.4, 0.5) is 0 Å². The van der Waals surface area contributed by atoms with Crippen molar-refractivity contribution in [2.24, 2.45) is 0 Å². The maximum Gasteiger partial charge on any atom is 0.0190 e. The Bertz CT molecular complexity index is 81.3. The third-order valence-corrected chi connectivity index (χ3v) is 2.29. The largest absolute Gasteiger partial charge is 0.313 e. The van der Waals surface area contributed by atoms with Gasteiger partial charge in [0.2, 0.25) is 0 Å². The van der Waals surface area contributed by atoms with Gasteiger partial charge in [-0.05, 0) is 39.8 Å². The van der Waals surface area contributed by atoms with Crippen molar-refractivity contribution in [1.29, 1.82) is 0 Å². The zero-order valence-corrected chi connectivity index (χ0v) is 6.98. The van der Waals surface area contributed by atoms with Crippen molar-refractivity contribution in [3.8, 4) is 0 Å². The highest BCUT2D eigenvalue weighted by molar-refractivity contribution is 4.76. The van der Waals surface area contributed by atoms with Crippen molar-refractivity contribution >= 4 is 0 Å². The van der Waals surface area contributed by atoms with E-state index in [0.29, 0.717) is 12.1 Å². The molecule has 0 bridgehead atoms. The van der Waals surface area contributed by atoms with Gasteiger partial charge >= 0.3 is 0 Å². The summed E-state index contributed by atoms with van der Waals surface area (Å²) in [6.45, 7) is 6.85. The van der Waals surface area contributed by atoms with Crippen molar-refractivity contribution in [3.63, 3.8) is 0 Å². The van der Waals surface area contributed by atoms with Crippen molar-refractivity contribution in [2.45, 2.75) is 38.8 Å². The molecule has 1 heterocycles. The van der Waals surface area contributed by atoms with E-state index in [4.69, 9.17) is 0 Å². The third-order valence-electron chi connectivity index (χ3n) is 2.29. The van der Waals surface area contributed by atoms with E-state index in [1.807, 2.05) is 0 Å². The van der Waals surface area contributed by atoms with Gasteiger partial charge in [-0.3, -0.25) is 0 Å². The fourth-order valence-corrected chi connectivity index (χ4v) is 1.26. The molecule has 1 rings (SSSR count). The molecule has 0 radical (unpaired) electrons. The summed E-state index contributed by atoms with van der Waals surface area (Å²) < 4.78 is 0. The van der Waals surface area contributed by atoms with Crippen LogP contribution >= 0.6 is 0 Å². The SMILES string of the molecule is CC1NCCCCNC1C. The molecule has 1 fully saturated rings. The minimum atomic E-state index is 0.625. The molecule has 2 unspecified atom stereocenters. The van der Waals surface area contributed by atoms with Gasteiger partial charge in [0.25, 0.3) is 0 Å². The Labute approximate surface area is 63.4 Å². The zero-order valence-electron chi connectivity index (χ0n) is 6.98. The van der Waals surface area contributed by atoms with Crippen LogP contribution in [0.5, 0.6) is 0 Å². The van der Waals surface area contributed by atoms with Crippen molar-refractivity contribution in [3.05, 3.63) is 0 Å². The van der Waals surface area contributed by atoms with E-state index < -0.39 is 0 Å². The maximum absolute atomic E-state index is 3.47. The van der Waals surface area contributed by atoms with E-state index in [9.17, 15) is 0 Å². The average Bonchev–Trinajstić information content (AvgIpc) is 1.92. The molecule has 2 N–H and O–H groups in total. The molecule has 0 aromatic heterocycles. The van der Waals surface area contributed by atoms with E-state index in [0.717, 1.165) is 0 Å². The lowest BCUT2D eigenvalue weighted by atomic mass is 10.1. The molecule has 1 saturated heterocycles. The Morgan fingerprint density at radius 3 is 1.70 bits per heavy atom. The average molecular weight is 142 g/mol. The third kappa shape index (κ3) is 2.27. The van der Waals surface area contributed by atoms with Crippen LogP contribution in [0.1, 0.15) is 26.7 Å². The number of hydrogen-bond acceptors (Lipinski definition) is 2. The normalized spacial score (nSPS) is 36.6. The van der Waals surface area contributed by atoms with Crippen LogP contribution in [0, 0.1) is 0 Å². The van der Waals surface area contributed by atoms with Crippen LogP contribution < -0.4 is 10.6 Å². The van der Waals surface area contributed by atoms with E-state index in [1.165, 1.54) is 25.9 Å². The summed E-state index contributed by atoms with van der Waals surface area (Å²) in [5, 5.41) is 6.94. The second kappa shape index (κ2) is 3.94. The Hall–Kier alpha value is -0.0800. The van der Waals surface area contributed by atoms with Crippen molar-refractivity contribution in [1.82, 2.24) is 10.6 Å². The highest BCUT2D eigenvalue weighted by atomic mass is 15.0. The Morgan fingerprint density at radius 2 is 1.30 bits per heavy atom. The molecule has 60 valence electrons. The molecule has 1 aliphatic heterocycles.